The minimum absolute atomic E-state index is 0.620. The number of hydrogen-bond acceptors (Lipinski definition) is 1. The summed E-state index contributed by atoms with van der Waals surface area (Å²) in [4.78, 5) is 0. The minimum Gasteiger partial charge on any atom is -0.383 e. The van der Waals surface area contributed by atoms with Crippen molar-refractivity contribution >= 4 is 50.0 Å². The molecule has 0 amide bonds. The van der Waals surface area contributed by atoms with Crippen LogP contribution < -0.4 is 0 Å². The normalized spacial score (nSPS) is 11.2. The highest BCUT2D eigenvalue weighted by molar-refractivity contribution is 9.10. The molecular weight excluding hydrogens is 313 g/mol. The first kappa shape index (κ1) is 12.2. The van der Waals surface area contributed by atoms with Crippen molar-refractivity contribution in [2.75, 3.05) is 13.7 Å². The molecule has 0 spiro atoms. The summed E-state index contributed by atoms with van der Waals surface area (Å²) in [6.45, 7) is 1.45. The number of hydrogen-bond donors (Lipinski definition) is 0. The molecule has 86 valence electrons. The lowest BCUT2D eigenvalue weighted by molar-refractivity contribution is 0.188. The number of rotatable bonds is 3. The van der Waals surface area contributed by atoms with E-state index in [1.54, 1.807) is 7.11 Å². The maximum absolute atomic E-state index is 6.20. The van der Waals surface area contributed by atoms with E-state index >= 15 is 0 Å². The molecule has 0 aliphatic carbocycles. The van der Waals surface area contributed by atoms with Crippen molar-refractivity contribution < 1.29 is 4.74 Å². The van der Waals surface area contributed by atoms with Gasteiger partial charge in [0.05, 0.1) is 26.6 Å². The van der Waals surface area contributed by atoms with Crippen molar-refractivity contribution in [1.29, 1.82) is 0 Å². The molecule has 0 unspecified atom stereocenters. The lowest BCUT2D eigenvalue weighted by atomic mass is 10.2. The van der Waals surface area contributed by atoms with Crippen LogP contribution in [0.5, 0.6) is 0 Å². The van der Waals surface area contributed by atoms with Gasteiger partial charge in [0.15, 0.2) is 0 Å². The Labute approximate surface area is 112 Å². The van der Waals surface area contributed by atoms with Crippen LogP contribution in [0, 0.1) is 0 Å². The molecule has 0 fully saturated rings. The first-order chi connectivity index (χ1) is 7.65. The molecule has 0 N–H and O–H groups in total. The first-order valence-electron chi connectivity index (χ1n) is 4.76. The Kier molecular flexibility index (Phi) is 3.80. The number of halogens is 3. The van der Waals surface area contributed by atoms with Gasteiger partial charge in [-0.05, 0) is 28.1 Å². The summed E-state index contributed by atoms with van der Waals surface area (Å²) in [6.07, 6.45) is 1.98. The molecule has 2 aromatic rings. The molecule has 2 rings (SSSR count). The second kappa shape index (κ2) is 4.96. The van der Waals surface area contributed by atoms with Crippen LogP contribution in [0.15, 0.2) is 22.8 Å². The second-order valence-corrected chi connectivity index (χ2v) is 5.00. The summed E-state index contributed by atoms with van der Waals surface area (Å²) in [5.74, 6) is 0. The van der Waals surface area contributed by atoms with E-state index in [2.05, 4.69) is 20.5 Å². The molecule has 5 heteroatoms. The van der Waals surface area contributed by atoms with Crippen molar-refractivity contribution in [1.82, 2.24) is 4.57 Å². The topological polar surface area (TPSA) is 14.2 Å². The van der Waals surface area contributed by atoms with E-state index in [0.717, 1.165) is 21.9 Å². The van der Waals surface area contributed by atoms with E-state index in [-0.39, 0.29) is 0 Å². The Bertz CT molecular complexity index is 524. The van der Waals surface area contributed by atoms with Gasteiger partial charge < -0.3 is 9.30 Å². The number of benzene rings is 1. The predicted molar refractivity (Wildman–Crippen MR) is 71.5 cm³/mol. The predicted octanol–water partition coefficient (Wildman–Crippen LogP) is 4.36. The molecule has 1 heterocycles. The summed E-state index contributed by atoms with van der Waals surface area (Å²) in [6, 6.07) is 3.89. The minimum atomic E-state index is 0.620. The van der Waals surface area contributed by atoms with Crippen LogP contribution in [0.1, 0.15) is 0 Å². The first-order valence-corrected chi connectivity index (χ1v) is 6.31. The van der Waals surface area contributed by atoms with Gasteiger partial charge in [0, 0.05) is 25.2 Å². The van der Waals surface area contributed by atoms with Crippen molar-refractivity contribution in [2.45, 2.75) is 6.54 Å². The zero-order valence-electron chi connectivity index (χ0n) is 8.64. The lowest BCUT2D eigenvalue weighted by Crippen LogP contribution is -2.02. The fourth-order valence-electron chi connectivity index (χ4n) is 1.62. The van der Waals surface area contributed by atoms with Crippen molar-refractivity contribution in [3.05, 3.63) is 32.8 Å². The third kappa shape index (κ3) is 2.09. The van der Waals surface area contributed by atoms with E-state index in [4.69, 9.17) is 27.9 Å². The highest BCUT2D eigenvalue weighted by Crippen LogP contribution is 2.37. The van der Waals surface area contributed by atoms with Crippen LogP contribution in [0.4, 0.5) is 0 Å². The fourth-order valence-corrected chi connectivity index (χ4v) is 2.46. The Morgan fingerprint density at radius 2 is 2.19 bits per heavy atom. The molecule has 0 aliphatic heterocycles. The molecule has 0 bridgehead atoms. The van der Waals surface area contributed by atoms with Gasteiger partial charge in [-0.1, -0.05) is 23.2 Å². The number of nitrogens with zero attached hydrogens (tertiary/aromatic N) is 1. The van der Waals surface area contributed by atoms with Gasteiger partial charge >= 0.3 is 0 Å². The Morgan fingerprint density at radius 1 is 1.44 bits per heavy atom. The molecular formula is C11H10BrCl2NO. The zero-order valence-corrected chi connectivity index (χ0v) is 11.7. The van der Waals surface area contributed by atoms with Gasteiger partial charge in [-0.2, -0.15) is 0 Å². The monoisotopic (exact) mass is 321 g/mol. The summed E-state index contributed by atoms with van der Waals surface area (Å²) in [5, 5.41) is 2.27. The Balaban J connectivity index is 2.55. The lowest BCUT2D eigenvalue weighted by Gasteiger charge is -2.06. The van der Waals surface area contributed by atoms with Gasteiger partial charge in [0.25, 0.3) is 0 Å². The van der Waals surface area contributed by atoms with E-state index in [1.807, 2.05) is 18.3 Å². The largest absolute Gasteiger partial charge is 0.383 e. The molecule has 2 nitrogen and oxygen atoms in total. The van der Waals surface area contributed by atoms with Gasteiger partial charge in [-0.3, -0.25) is 0 Å². The number of fused-ring (bicyclic) bond motifs is 1. The van der Waals surface area contributed by atoms with Crippen LogP contribution in [0.3, 0.4) is 0 Å². The number of aromatic nitrogens is 1. The zero-order chi connectivity index (χ0) is 11.7. The second-order valence-electron chi connectivity index (χ2n) is 3.42. The third-order valence-corrected chi connectivity index (χ3v) is 4.42. The van der Waals surface area contributed by atoms with Crippen LogP contribution >= 0.6 is 39.1 Å². The standard InChI is InChI=1S/C11H10BrCl2NO/c1-16-5-4-15-3-2-7-9(15)6-8(13)10(12)11(7)14/h2-3,6H,4-5H2,1H3. The highest BCUT2D eigenvalue weighted by Gasteiger charge is 2.11. The van der Waals surface area contributed by atoms with Crippen LogP contribution in [0.2, 0.25) is 10.0 Å². The quantitative estimate of drug-likeness (QED) is 0.766. The Hall–Kier alpha value is -0.220. The van der Waals surface area contributed by atoms with Gasteiger partial charge in [0.1, 0.15) is 0 Å². The molecule has 0 radical (unpaired) electrons. The average Bonchev–Trinajstić information content (AvgIpc) is 2.66. The van der Waals surface area contributed by atoms with Crippen LogP contribution in [0.25, 0.3) is 10.9 Å². The average molecular weight is 323 g/mol. The maximum Gasteiger partial charge on any atom is 0.0657 e. The summed E-state index contributed by atoms with van der Waals surface area (Å²) < 4.78 is 7.87. The fraction of sp³-hybridized carbons (Fsp3) is 0.273. The molecule has 0 atom stereocenters. The van der Waals surface area contributed by atoms with Crippen molar-refractivity contribution in [3.8, 4) is 0 Å². The van der Waals surface area contributed by atoms with E-state index in [9.17, 15) is 0 Å². The summed E-state index contributed by atoms with van der Waals surface area (Å²) in [7, 11) is 1.68. The van der Waals surface area contributed by atoms with Crippen molar-refractivity contribution in [2.24, 2.45) is 0 Å². The van der Waals surface area contributed by atoms with Gasteiger partial charge in [0.2, 0.25) is 0 Å². The number of ether oxygens (including phenoxy) is 1. The van der Waals surface area contributed by atoms with Gasteiger partial charge in [-0.15, -0.1) is 0 Å². The Morgan fingerprint density at radius 3 is 2.88 bits per heavy atom. The SMILES string of the molecule is COCCn1ccc2c(Cl)c(Br)c(Cl)cc21. The molecule has 1 aromatic carbocycles. The molecule has 16 heavy (non-hydrogen) atoms. The summed E-state index contributed by atoms with van der Waals surface area (Å²) in [5.41, 5.74) is 1.02. The van der Waals surface area contributed by atoms with Crippen LogP contribution in [-0.2, 0) is 11.3 Å². The third-order valence-electron chi connectivity index (χ3n) is 2.45. The van der Waals surface area contributed by atoms with E-state index in [1.165, 1.54) is 0 Å². The molecule has 1 aromatic heterocycles. The highest BCUT2D eigenvalue weighted by atomic mass is 79.9. The summed E-state index contributed by atoms with van der Waals surface area (Å²) >= 11 is 15.6. The smallest absolute Gasteiger partial charge is 0.0657 e. The van der Waals surface area contributed by atoms with Crippen LogP contribution in [-0.4, -0.2) is 18.3 Å². The maximum atomic E-state index is 6.20. The molecule has 0 aliphatic rings. The van der Waals surface area contributed by atoms with Gasteiger partial charge in [-0.25, -0.2) is 0 Å². The number of methoxy groups -OCH3 is 1. The molecule has 0 saturated carbocycles. The van der Waals surface area contributed by atoms with E-state index in [0.29, 0.717) is 16.7 Å². The van der Waals surface area contributed by atoms with E-state index < -0.39 is 0 Å². The van der Waals surface area contributed by atoms with Crippen molar-refractivity contribution in [3.63, 3.8) is 0 Å². The molecule has 0 saturated heterocycles.